The molecule has 1 aliphatic rings. The molecule has 0 radical (unpaired) electrons. The van der Waals surface area contributed by atoms with Gasteiger partial charge in [0.15, 0.2) is 0 Å². The summed E-state index contributed by atoms with van der Waals surface area (Å²) < 4.78 is 28.5. The van der Waals surface area contributed by atoms with Crippen LogP contribution in [0, 0.1) is 11.6 Å². The Morgan fingerprint density at radius 1 is 0.881 bits per heavy atom. The largest absolute Gasteiger partial charge is 0.317 e. The first-order valence-electron chi connectivity index (χ1n) is 15.3. The van der Waals surface area contributed by atoms with Gasteiger partial charge in [0.25, 0.3) is 5.56 Å². The van der Waals surface area contributed by atoms with Gasteiger partial charge >= 0.3 is 0 Å². The molecule has 0 spiro atoms. The van der Waals surface area contributed by atoms with Crippen LogP contribution in [0.15, 0.2) is 65.6 Å². The highest BCUT2D eigenvalue weighted by Crippen LogP contribution is 2.34. The molecule has 1 aliphatic heterocycles. The molecule has 0 unspecified atom stereocenters. The maximum atomic E-state index is 13.6. The second-order valence-corrected chi connectivity index (χ2v) is 9.93. The van der Waals surface area contributed by atoms with Crippen LogP contribution in [0.1, 0.15) is 91.0 Å². The van der Waals surface area contributed by atoms with E-state index in [1.807, 2.05) is 72.0 Å². The van der Waals surface area contributed by atoms with Crippen LogP contribution in [0.2, 0.25) is 0 Å². The topological polar surface area (TPSA) is 59.8 Å². The van der Waals surface area contributed by atoms with Gasteiger partial charge in [0.05, 0.1) is 12.2 Å². The SMILES string of the molecule is CC.CC.CC.CCC.O=c1ccc(-c2cc(F)cc(F)c2)nn1Cc1cccc(-c2ncc(C3CCNCC3)s2)c1. The number of nitrogens with zero attached hydrogens (tertiary/aromatic N) is 3. The van der Waals surface area contributed by atoms with Crippen molar-refractivity contribution in [2.24, 2.45) is 0 Å². The molecule has 5 rings (SSSR count). The lowest BCUT2D eigenvalue weighted by molar-refractivity contribution is 0.465. The molecular formula is C34H48F2N4OS. The number of hydrogen-bond acceptors (Lipinski definition) is 5. The van der Waals surface area contributed by atoms with Gasteiger partial charge in [-0.1, -0.05) is 80.0 Å². The summed E-state index contributed by atoms with van der Waals surface area (Å²) in [6, 6.07) is 13.9. The molecule has 0 bridgehead atoms. The van der Waals surface area contributed by atoms with E-state index in [4.69, 9.17) is 0 Å². The Morgan fingerprint density at radius 3 is 2.12 bits per heavy atom. The van der Waals surface area contributed by atoms with Crippen LogP contribution < -0.4 is 10.9 Å². The Morgan fingerprint density at radius 2 is 1.50 bits per heavy atom. The number of nitrogens with one attached hydrogen (secondary N) is 1. The normalized spacial score (nSPS) is 12.2. The van der Waals surface area contributed by atoms with Crippen LogP contribution in [0.3, 0.4) is 0 Å². The maximum absolute atomic E-state index is 13.6. The van der Waals surface area contributed by atoms with Gasteiger partial charge < -0.3 is 5.32 Å². The molecule has 0 atom stereocenters. The molecule has 3 heterocycles. The van der Waals surface area contributed by atoms with E-state index in [9.17, 15) is 13.6 Å². The minimum atomic E-state index is -0.690. The average Bonchev–Trinajstić information content (AvgIpc) is 3.53. The maximum Gasteiger partial charge on any atom is 0.267 e. The van der Waals surface area contributed by atoms with Crippen molar-refractivity contribution in [2.75, 3.05) is 13.1 Å². The zero-order valence-electron chi connectivity index (χ0n) is 26.5. The number of hydrogen-bond donors (Lipinski definition) is 1. The molecule has 2 aromatic carbocycles. The molecule has 0 amide bonds. The van der Waals surface area contributed by atoms with Crippen LogP contribution in [-0.2, 0) is 6.54 Å². The second kappa shape index (κ2) is 20.6. The van der Waals surface area contributed by atoms with E-state index < -0.39 is 11.6 Å². The Hall–Kier alpha value is -3.23. The third-order valence-electron chi connectivity index (χ3n) is 5.80. The number of aromatic nitrogens is 3. The molecule has 2 aromatic heterocycles. The van der Waals surface area contributed by atoms with Crippen LogP contribution in [0.4, 0.5) is 8.78 Å². The first-order chi connectivity index (χ1) is 20.5. The quantitative estimate of drug-likeness (QED) is 0.249. The predicted molar refractivity (Wildman–Crippen MR) is 175 cm³/mol. The fourth-order valence-electron chi connectivity index (χ4n) is 4.11. The molecular weight excluding hydrogens is 550 g/mol. The van der Waals surface area contributed by atoms with Crippen LogP contribution in [0.5, 0.6) is 0 Å². The Labute approximate surface area is 255 Å². The van der Waals surface area contributed by atoms with Crippen molar-refractivity contribution in [3.8, 4) is 21.8 Å². The van der Waals surface area contributed by atoms with E-state index >= 15 is 0 Å². The lowest BCUT2D eigenvalue weighted by Gasteiger charge is -2.20. The number of halogens is 2. The van der Waals surface area contributed by atoms with Gasteiger partial charge in [0, 0.05) is 34.3 Å². The molecule has 230 valence electrons. The highest BCUT2D eigenvalue weighted by atomic mass is 32.1. The fraction of sp³-hybridized carbons (Fsp3) is 0.441. The van der Waals surface area contributed by atoms with Crippen LogP contribution >= 0.6 is 11.3 Å². The van der Waals surface area contributed by atoms with Crippen molar-refractivity contribution in [1.82, 2.24) is 20.1 Å². The molecule has 1 saturated heterocycles. The van der Waals surface area contributed by atoms with E-state index in [0.717, 1.165) is 48.1 Å². The molecule has 5 nitrogen and oxygen atoms in total. The standard InChI is InChI=1S/C25H22F2N4OS.C3H8.3C2H6/c26-20-11-19(12-21(27)13-20)22-4-5-24(32)31(30-22)15-16-2-1-3-18(10-16)25-29-14-23(33-25)17-6-8-28-9-7-17;1-3-2;3*1-2/h1-5,10-14,17,28H,6-9,15H2;3H2,1-2H3;3*1-2H3. The highest BCUT2D eigenvalue weighted by Gasteiger charge is 2.18. The third kappa shape index (κ3) is 11.2. The number of benzene rings is 2. The van der Waals surface area contributed by atoms with Gasteiger partial charge in [-0.25, -0.2) is 18.4 Å². The summed E-state index contributed by atoms with van der Waals surface area (Å²) in [5.41, 5.74) is 2.21. The Bertz CT molecular complexity index is 1340. The summed E-state index contributed by atoms with van der Waals surface area (Å²) in [6.45, 7) is 18.6. The minimum absolute atomic E-state index is 0.241. The van der Waals surface area contributed by atoms with Gasteiger partial charge in [-0.3, -0.25) is 4.79 Å². The molecule has 4 aromatic rings. The lowest BCUT2D eigenvalue weighted by Crippen LogP contribution is -2.26. The summed E-state index contributed by atoms with van der Waals surface area (Å²) in [5.74, 6) is -0.826. The van der Waals surface area contributed by atoms with Crippen molar-refractivity contribution < 1.29 is 8.78 Å². The molecule has 0 saturated carbocycles. The highest BCUT2D eigenvalue weighted by molar-refractivity contribution is 7.15. The Balaban J connectivity index is 0.000000890. The van der Waals surface area contributed by atoms with E-state index in [1.165, 1.54) is 40.2 Å². The van der Waals surface area contributed by atoms with Crippen molar-refractivity contribution in [2.45, 2.75) is 87.1 Å². The van der Waals surface area contributed by atoms with Crippen LogP contribution in [0.25, 0.3) is 21.8 Å². The summed E-state index contributed by atoms with van der Waals surface area (Å²) in [5, 5.41) is 8.68. The molecule has 1 N–H and O–H groups in total. The van der Waals surface area contributed by atoms with Gasteiger partial charge in [0.2, 0.25) is 0 Å². The molecule has 0 aliphatic carbocycles. The van der Waals surface area contributed by atoms with Crippen molar-refractivity contribution >= 4 is 11.3 Å². The third-order valence-corrected chi connectivity index (χ3v) is 7.01. The van der Waals surface area contributed by atoms with Gasteiger partial charge in [-0.2, -0.15) is 5.10 Å². The van der Waals surface area contributed by atoms with E-state index in [-0.39, 0.29) is 17.7 Å². The first kappa shape index (κ1) is 36.8. The number of piperidine rings is 1. The van der Waals surface area contributed by atoms with Crippen molar-refractivity contribution in [1.29, 1.82) is 0 Å². The first-order valence-corrected chi connectivity index (χ1v) is 16.1. The van der Waals surface area contributed by atoms with Gasteiger partial charge in [-0.05, 0) is 61.7 Å². The predicted octanol–water partition coefficient (Wildman–Crippen LogP) is 9.32. The van der Waals surface area contributed by atoms with E-state index in [1.54, 1.807) is 11.3 Å². The zero-order valence-corrected chi connectivity index (χ0v) is 27.3. The molecule has 8 heteroatoms. The number of thiazole rings is 1. The van der Waals surface area contributed by atoms with Crippen LogP contribution in [-0.4, -0.2) is 27.9 Å². The van der Waals surface area contributed by atoms with E-state index in [0.29, 0.717) is 11.6 Å². The average molecular weight is 599 g/mol. The second-order valence-electron chi connectivity index (χ2n) is 8.87. The summed E-state index contributed by atoms with van der Waals surface area (Å²) >= 11 is 1.72. The van der Waals surface area contributed by atoms with E-state index in [2.05, 4.69) is 29.2 Å². The number of rotatable bonds is 5. The summed E-state index contributed by atoms with van der Waals surface area (Å²) in [7, 11) is 0. The lowest BCUT2D eigenvalue weighted by atomic mass is 9.97. The fourth-order valence-corrected chi connectivity index (χ4v) is 5.19. The smallest absolute Gasteiger partial charge is 0.267 e. The zero-order chi connectivity index (χ0) is 31.5. The summed E-state index contributed by atoms with van der Waals surface area (Å²) in [4.78, 5) is 18.4. The van der Waals surface area contributed by atoms with Gasteiger partial charge in [-0.15, -0.1) is 11.3 Å². The molecule has 42 heavy (non-hydrogen) atoms. The van der Waals surface area contributed by atoms with Gasteiger partial charge in [0.1, 0.15) is 16.6 Å². The summed E-state index contributed by atoms with van der Waals surface area (Å²) in [6.07, 6.45) is 5.49. The monoisotopic (exact) mass is 598 g/mol. The van der Waals surface area contributed by atoms with Crippen molar-refractivity contribution in [3.05, 3.63) is 93.2 Å². The minimum Gasteiger partial charge on any atom is -0.317 e. The van der Waals surface area contributed by atoms with Crippen molar-refractivity contribution in [3.63, 3.8) is 0 Å². The molecule has 1 fully saturated rings. The Kier molecular flexibility index (Phi) is 18.1.